The van der Waals surface area contributed by atoms with Gasteiger partial charge in [0, 0.05) is 6.54 Å². The normalized spacial score (nSPS) is 16.7. The van der Waals surface area contributed by atoms with E-state index in [1.807, 2.05) is 13.0 Å². The Morgan fingerprint density at radius 3 is 2.82 bits per heavy atom. The summed E-state index contributed by atoms with van der Waals surface area (Å²) in [6, 6.07) is 5.42. The average Bonchev–Trinajstić information content (AvgIpc) is 2.44. The third-order valence-electron chi connectivity index (χ3n) is 3.29. The van der Waals surface area contributed by atoms with Gasteiger partial charge in [0.25, 0.3) is 5.91 Å². The van der Waals surface area contributed by atoms with Gasteiger partial charge in [-0.25, -0.2) is 0 Å². The van der Waals surface area contributed by atoms with Crippen LogP contribution >= 0.6 is 0 Å². The van der Waals surface area contributed by atoms with Crippen molar-refractivity contribution in [2.45, 2.75) is 26.4 Å². The summed E-state index contributed by atoms with van der Waals surface area (Å²) in [6.45, 7) is 3.37. The number of carbonyl (C=O) groups is 3. The highest BCUT2D eigenvalue weighted by Gasteiger charge is 2.32. The Balaban J connectivity index is 2.12. The predicted molar refractivity (Wildman–Crippen MR) is 78.9 cm³/mol. The molecule has 1 atom stereocenters. The first-order valence-electron chi connectivity index (χ1n) is 6.95. The average molecular weight is 306 g/mol. The summed E-state index contributed by atoms with van der Waals surface area (Å²) in [6.07, 6.45) is -0.823. The third kappa shape index (κ3) is 3.55. The molecule has 0 fully saturated rings. The number of rotatable bonds is 5. The molecule has 1 unspecified atom stereocenters. The molecule has 0 aromatic heterocycles. The molecule has 1 aliphatic heterocycles. The fourth-order valence-electron chi connectivity index (χ4n) is 2.19. The Labute approximate surface area is 127 Å². The van der Waals surface area contributed by atoms with Gasteiger partial charge in [-0.3, -0.25) is 19.3 Å². The second-order valence-electron chi connectivity index (χ2n) is 5.15. The van der Waals surface area contributed by atoms with E-state index in [9.17, 15) is 14.4 Å². The molecule has 118 valence electrons. The Morgan fingerprint density at radius 2 is 2.14 bits per heavy atom. The van der Waals surface area contributed by atoms with Crippen LogP contribution in [-0.2, 0) is 14.4 Å². The van der Waals surface area contributed by atoms with Crippen molar-refractivity contribution in [3.8, 4) is 5.75 Å². The molecule has 2 amide bonds. The molecule has 1 aromatic rings. The number of hydrogen-bond donors (Lipinski definition) is 2. The molecule has 0 spiro atoms. The molecule has 2 N–H and O–H groups in total. The van der Waals surface area contributed by atoms with Gasteiger partial charge in [0.05, 0.1) is 12.1 Å². The summed E-state index contributed by atoms with van der Waals surface area (Å²) in [4.78, 5) is 35.9. The number of aryl methyl sites for hydroxylation is 1. The number of fused-ring (bicyclic) bond motifs is 1. The second-order valence-corrected chi connectivity index (χ2v) is 5.15. The van der Waals surface area contributed by atoms with Gasteiger partial charge in [0.2, 0.25) is 5.91 Å². The summed E-state index contributed by atoms with van der Waals surface area (Å²) >= 11 is 0. The number of aliphatic carboxylic acids is 1. The van der Waals surface area contributed by atoms with Crippen molar-refractivity contribution < 1.29 is 24.2 Å². The van der Waals surface area contributed by atoms with Gasteiger partial charge in [-0.15, -0.1) is 0 Å². The molecule has 0 bridgehead atoms. The molecular formula is C15H18N2O5. The highest BCUT2D eigenvalue weighted by molar-refractivity contribution is 6.03. The lowest BCUT2D eigenvalue weighted by molar-refractivity contribution is -0.137. The number of carboxylic acids is 1. The molecular weight excluding hydrogens is 288 g/mol. The fourth-order valence-corrected chi connectivity index (χ4v) is 2.19. The lowest BCUT2D eigenvalue weighted by atomic mass is 10.1. The Bertz CT molecular complexity index is 614. The van der Waals surface area contributed by atoms with E-state index in [4.69, 9.17) is 9.84 Å². The zero-order chi connectivity index (χ0) is 16.3. The van der Waals surface area contributed by atoms with Crippen LogP contribution in [0.15, 0.2) is 18.2 Å². The lowest BCUT2D eigenvalue weighted by Gasteiger charge is -2.32. The maximum Gasteiger partial charge on any atom is 0.305 e. The van der Waals surface area contributed by atoms with Crippen LogP contribution in [0, 0.1) is 6.92 Å². The Morgan fingerprint density at radius 1 is 1.41 bits per heavy atom. The minimum absolute atomic E-state index is 0.0307. The van der Waals surface area contributed by atoms with Gasteiger partial charge in [0.15, 0.2) is 6.10 Å². The zero-order valence-electron chi connectivity index (χ0n) is 12.5. The molecule has 1 aliphatic rings. The molecule has 0 aliphatic carbocycles. The van der Waals surface area contributed by atoms with Crippen molar-refractivity contribution in [1.29, 1.82) is 0 Å². The molecule has 1 aromatic carbocycles. The van der Waals surface area contributed by atoms with Crippen LogP contribution in [0.3, 0.4) is 0 Å². The predicted octanol–water partition coefficient (Wildman–Crippen LogP) is 0.700. The smallest absolute Gasteiger partial charge is 0.305 e. The van der Waals surface area contributed by atoms with Crippen LogP contribution in [0.5, 0.6) is 5.75 Å². The van der Waals surface area contributed by atoms with Gasteiger partial charge in [-0.1, -0.05) is 6.07 Å². The first kappa shape index (κ1) is 15.8. The molecule has 2 rings (SSSR count). The third-order valence-corrected chi connectivity index (χ3v) is 3.29. The summed E-state index contributed by atoms with van der Waals surface area (Å²) in [7, 11) is 0. The highest BCUT2D eigenvalue weighted by atomic mass is 16.5. The van der Waals surface area contributed by atoms with Crippen molar-refractivity contribution in [3.05, 3.63) is 23.8 Å². The van der Waals surface area contributed by atoms with Gasteiger partial charge < -0.3 is 15.2 Å². The minimum atomic E-state index is -0.989. The Kier molecular flexibility index (Phi) is 4.65. The minimum Gasteiger partial charge on any atom is -0.481 e. The summed E-state index contributed by atoms with van der Waals surface area (Å²) < 4.78 is 5.52. The number of amides is 2. The van der Waals surface area contributed by atoms with E-state index in [0.29, 0.717) is 11.4 Å². The standard InChI is InChI=1S/C15H18N2O5/c1-9-3-4-12-11(7-9)17(15(21)10(2)22-12)8-13(18)16-6-5-14(19)20/h3-4,7,10H,5-6,8H2,1-2H3,(H,16,18)(H,19,20). The molecule has 0 radical (unpaired) electrons. The van der Waals surface area contributed by atoms with Gasteiger partial charge in [0.1, 0.15) is 12.3 Å². The van der Waals surface area contributed by atoms with Crippen molar-refractivity contribution in [3.63, 3.8) is 0 Å². The zero-order valence-corrected chi connectivity index (χ0v) is 12.5. The van der Waals surface area contributed by atoms with Crippen molar-refractivity contribution >= 4 is 23.5 Å². The van der Waals surface area contributed by atoms with E-state index in [1.54, 1.807) is 19.1 Å². The summed E-state index contributed by atoms with van der Waals surface area (Å²) in [5.41, 5.74) is 1.50. The maximum absolute atomic E-state index is 12.2. The van der Waals surface area contributed by atoms with E-state index < -0.39 is 18.0 Å². The number of benzene rings is 1. The van der Waals surface area contributed by atoms with Crippen LogP contribution in [0.2, 0.25) is 0 Å². The number of nitrogens with zero attached hydrogens (tertiary/aromatic N) is 1. The number of hydrogen-bond acceptors (Lipinski definition) is 4. The second kappa shape index (κ2) is 6.46. The molecule has 0 saturated heterocycles. The fraction of sp³-hybridized carbons (Fsp3) is 0.400. The number of carbonyl (C=O) groups excluding carboxylic acids is 2. The largest absolute Gasteiger partial charge is 0.481 e. The number of nitrogens with one attached hydrogen (secondary N) is 1. The first-order valence-corrected chi connectivity index (χ1v) is 6.95. The van der Waals surface area contributed by atoms with Crippen molar-refractivity contribution in [1.82, 2.24) is 5.32 Å². The van der Waals surface area contributed by atoms with Crippen LogP contribution in [0.1, 0.15) is 18.9 Å². The molecule has 7 heteroatoms. The number of ether oxygens (including phenoxy) is 1. The maximum atomic E-state index is 12.2. The van der Waals surface area contributed by atoms with Crippen molar-refractivity contribution in [2.24, 2.45) is 0 Å². The number of anilines is 1. The van der Waals surface area contributed by atoms with E-state index in [2.05, 4.69) is 5.32 Å². The Hall–Kier alpha value is -2.57. The topological polar surface area (TPSA) is 95.9 Å². The van der Waals surface area contributed by atoms with E-state index in [-0.39, 0.29) is 25.4 Å². The molecule has 1 heterocycles. The highest BCUT2D eigenvalue weighted by Crippen LogP contribution is 2.34. The van der Waals surface area contributed by atoms with Crippen LogP contribution in [-0.4, -0.2) is 42.1 Å². The molecule has 7 nitrogen and oxygen atoms in total. The van der Waals surface area contributed by atoms with Crippen LogP contribution in [0.4, 0.5) is 5.69 Å². The van der Waals surface area contributed by atoms with Crippen LogP contribution in [0.25, 0.3) is 0 Å². The quantitative estimate of drug-likeness (QED) is 0.835. The van der Waals surface area contributed by atoms with Crippen LogP contribution < -0.4 is 15.0 Å². The van der Waals surface area contributed by atoms with E-state index in [1.165, 1.54) is 4.90 Å². The van der Waals surface area contributed by atoms with E-state index >= 15 is 0 Å². The summed E-state index contributed by atoms with van der Waals surface area (Å²) in [5.74, 6) is -1.14. The van der Waals surface area contributed by atoms with Crippen molar-refractivity contribution in [2.75, 3.05) is 18.0 Å². The van der Waals surface area contributed by atoms with E-state index in [0.717, 1.165) is 5.56 Å². The molecule has 22 heavy (non-hydrogen) atoms. The lowest BCUT2D eigenvalue weighted by Crippen LogP contribution is -2.49. The summed E-state index contributed by atoms with van der Waals surface area (Å²) in [5, 5.41) is 11.0. The van der Waals surface area contributed by atoms with Gasteiger partial charge >= 0.3 is 5.97 Å². The SMILES string of the molecule is Cc1ccc2c(c1)N(CC(=O)NCCC(=O)O)C(=O)C(C)O2. The monoisotopic (exact) mass is 306 g/mol. The van der Waals surface area contributed by atoms with Gasteiger partial charge in [-0.05, 0) is 31.5 Å². The first-order chi connectivity index (χ1) is 10.4. The van der Waals surface area contributed by atoms with Gasteiger partial charge in [-0.2, -0.15) is 0 Å². The number of carboxylic acid groups (broad SMARTS) is 1. The molecule has 0 saturated carbocycles.